The average molecular weight is 493 g/mol. The van der Waals surface area contributed by atoms with E-state index in [0.29, 0.717) is 5.65 Å². The number of hydrogen-bond acceptors (Lipinski definition) is 5. The van der Waals surface area contributed by atoms with Gasteiger partial charge >= 0.3 is 5.69 Å². The molecule has 0 atom stereocenters. The maximum absolute atomic E-state index is 12.2. The van der Waals surface area contributed by atoms with Crippen LogP contribution >= 0.6 is 0 Å². The Hall–Kier alpha value is -3.78. The topological polar surface area (TPSA) is 68.7 Å². The molecule has 188 valence electrons. The Labute approximate surface area is 216 Å². The van der Waals surface area contributed by atoms with Crippen LogP contribution in [-0.2, 0) is 13.1 Å². The number of hydrogen-bond donors (Lipinski definition) is 2. The van der Waals surface area contributed by atoms with Crippen LogP contribution in [0.1, 0.15) is 11.1 Å². The normalized spacial score (nSPS) is 15.0. The van der Waals surface area contributed by atoms with Gasteiger partial charge in [0.05, 0.1) is 5.52 Å². The Balaban J connectivity index is 1.02. The first-order chi connectivity index (χ1) is 18.2. The molecule has 1 saturated heterocycles. The molecule has 0 amide bonds. The van der Waals surface area contributed by atoms with Crippen LogP contribution in [0.25, 0.3) is 27.7 Å². The Kier molecular flexibility index (Phi) is 6.82. The maximum Gasteiger partial charge on any atom is 0.348 e. The summed E-state index contributed by atoms with van der Waals surface area (Å²) >= 11 is 0. The molecule has 3 heterocycles. The van der Waals surface area contributed by atoms with Gasteiger partial charge in [0.1, 0.15) is 0 Å². The molecule has 0 radical (unpaired) electrons. The van der Waals surface area contributed by atoms with Gasteiger partial charge in [-0.3, -0.25) is 9.80 Å². The molecule has 0 aliphatic carbocycles. The first-order valence-corrected chi connectivity index (χ1v) is 13.0. The summed E-state index contributed by atoms with van der Waals surface area (Å²) in [5.41, 5.74) is 6.13. The molecule has 0 spiro atoms. The molecule has 6 rings (SSSR count). The van der Waals surface area contributed by atoms with Crippen LogP contribution in [-0.4, -0.2) is 63.7 Å². The van der Waals surface area contributed by atoms with E-state index in [2.05, 4.69) is 86.0 Å². The molecular weight excluding hydrogens is 460 g/mol. The first-order valence-electron chi connectivity index (χ1n) is 13.0. The Morgan fingerprint density at radius 2 is 1.54 bits per heavy atom. The van der Waals surface area contributed by atoms with Crippen LogP contribution in [0.4, 0.5) is 0 Å². The second-order valence-electron chi connectivity index (χ2n) is 9.77. The molecule has 0 saturated carbocycles. The van der Waals surface area contributed by atoms with E-state index in [1.54, 1.807) is 4.40 Å². The lowest BCUT2D eigenvalue weighted by Gasteiger charge is -2.34. The number of nitrogens with one attached hydrogen (secondary N) is 2. The third-order valence-electron chi connectivity index (χ3n) is 7.32. The smallest absolute Gasteiger partial charge is 0.311 e. The predicted octanol–water partition coefficient (Wildman–Crippen LogP) is 3.75. The number of benzene rings is 3. The van der Waals surface area contributed by atoms with Gasteiger partial charge in [-0.2, -0.15) is 5.10 Å². The number of aromatic amines is 1. The van der Waals surface area contributed by atoms with Crippen LogP contribution in [0.3, 0.4) is 0 Å². The third kappa shape index (κ3) is 5.20. The van der Waals surface area contributed by atoms with E-state index in [4.69, 9.17) is 0 Å². The van der Waals surface area contributed by atoms with Gasteiger partial charge < -0.3 is 5.32 Å². The van der Waals surface area contributed by atoms with E-state index in [0.717, 1.165) is 74.4 Å². The zero-order valence-electron chi connectivity index (χ0n) is 20.9. The summed E-state index contributed by atoms with van der Waals surface area (Å²) in [6, 6.07) is 29.4. The van der Waals surface area contributed by atoms with Gasteiger partial charge in [-0.15, -0.1) is 0 Å². The SMILES string of the molecule is O=c1[nH]nc2cc(-c3ccc(CNCCN4CCN(Cc5ccccc5)CC4)cc3)c3ccccc3n12. The van der Waals surface area contributed by atoms with Crippen molar-refractivity contribution in [1.29, 1.82) is 0 Å². The van der Waals surface area contributed by atoms with E-state index < -0.39 is 0 Å². The molecule has 0 bridgehead atoms. The van der Waals surface area contributed by atoms with Crippen LogP contribution < -0.4 is 11.0 Å². The fourth-order valence-corrected chi connectivity index (χ4v) is 5.27. The van der Waals surface area contributed by atoms with Crippen molar-refractivity contribution in [3.63, 3.8) is 0 Å². The molecule has 1 aliphatic heterocycles. The molecule has 2 N–H and O–H groups in total. The Morgan fingerprint density at radius 1 is 0.811 bits per heavy atom. The van der Waals surface area contributed by atoms with Crippen molar-refractivity contribution >= 4 is 16.6 Å². The van der Waals surface area contributed by atoms with Crippen molar-refractivity contribution < 1.29 is 0 Å². The lowest BCUT2D eigenvalue weighted by Crippen LogP contribution is -2.47. The number of fused-ring (bicyclic) bond motifs is 3. The van der Waals surface area contributed by atoms with Gasteiger partial charge in [-0.1, -0.05) is 72.8 Å². The molecular formula is C30H32N6O. The van der Waals surface area contributed by atoms with Gasteiger partial charge in [0.25, 0.3) is 0 Å². The molecule has 2 aromatic heterocycles. The first kappa shape index (κ1) is 23.6. The number of H-pyrrole nitrogens is 1. The van der Waals surface area contributed by atoms with E-state index >= 15 is 0 Å². The molecule has 3 aromatic carbocycles. The monoisotopic (exact) mass is 492 g/mol. The minimum Gasteiger partial charge on any atom is -0.311 e. The van der Waals surface area contributed by atoms with Gasteiger partial charge in [0.2, 0.25) is 0 Å². The van der Waals surface area contributed by atoms with Crippen molar-refractivity contribution in [2.45, 2.75) is 13.1 Å². The Morgan fingerprint density at radius 3 is 2.35 bits per heavy atom. The maximum atomic E-state index is 12.2. The molecule has 37 heavy (non-hydrogen) atoms. The summed E-state index contributed by atoms with van der Waals surface area (Å²) in [5.74, 6) is 0. The van der Waals surface area contributed by atoms with Crippen molar-refractivity contribution in [3.05, 3.63) is 107 Å². The van der Waals surface area contributed by atoms with Gasteiger partial charge in [-0.05, 0) is 34.4 Å². The molecule has 1 fully saturated rings. The third-order valence-corrected chi connectivity index (χ3v) is 7.32. The van der Waals surface area contributed by atoms with E-state index in [-0.39, 0.29) is 5.69 Å². The summed E-state index contributed by atoms with van der Waals surface area (Å²) < 4.78 is 1.63. The summed E-state index contributed by atoms with van der Waals surface area (Å²) in [5, 5.41) is 11.4. The fourth-order valence-electron chi connectivity index (χ4n) is 5.27. The van der Waals surface area contributed by atoms with Crippen LogP contribution in [0.5, 0.6) is 0 Å². The van der Waals surface area contributed by atoms with Gasteiger partial charge in [0.15, 0.2) is 5.65 Å². The standard InChI is InChI=1S/C30H32N6O/c37-30-33-32-29-20-27(26-8-4-5-9-28(26)36(29)30)25-12-10-23(11-13-25)21-31-14-15-34-16-18-35(19-17-34)22-24-6-2-1-3-7-24/h1-13,20,31H,14-19,21-22H2,(H,33,37). The highest BCUT2D eigenvalue weighted by Gasteiger charge is 2.16. The van der Waals surface area contributed by atoms with Gasteiger partial charge in [-0.25, -0.2) is 14.3 Å². The van der Waals surface area contributed by atoms with E-state index in [9.17, 15) is 4.79 Å². The van der Waals surface area contributed by atoms with Crippen molar-refractivity contribution in [3.8, 4) is 11.1 Å². The summed E-state index contributed by atoms with van der Waals surface area (Å²) in [7, 11) is 0. The van der Waals surface area contributed by atoms with Crippen molar-refractivity contribution in [1.82, 2.24) is 29.7 Å². The average Bonchev–Trinajstić information content (AvgIpc) is 3.33. The largest absolute Gasteiger partial charge is 0.348 e. The van der Waals surface area contributed by atoms with Crippen LogP contribution in [0, 0.1) is 0 Å². The molecule has 0 unspecified atom stereocenters. The highest BCUT2D eigenvalue weighted by atomic mass is 16.1. The second-order valence-corrected chi connectivity index (χ2v) is 9.77. The minimum atomic E-state index is -0.215. The highest BCUT2D eigenvalue weighted by Crippen LogP contribution is 2.29. The fraction of sp³-hybridized carbons (Fsp3) is 0.267. The van der Waals surface area contributed by atoms with Gasteiger partial charge in [0, 0.05) is 57.7 Å². The lowest BCUT2D eigenvalue weighted by molar-refractivity contribution is 0.127. The molecule has 7 nitrogen and oxygen atoms in total. The zero-order valence-corrected chi connectivity index (χ0v) is 20.9. The van der Waals surface area contributed by atoms with Crippen molar-refractivity contribution in [2.75, 3.05) is 39.3 Å². The summed E-state index contributed by atoms with van der Waals surface area (Å²) in [6.45, 7) is 8.47. The van der Waals surface area contributed by atoms with E-state index in [1.807, 2.05) is 24.3 Å². The number of piperazine rings is 1. The zero-order chi connectivity index (χ0) is 25.0. The minimum absolute atomic E-state index is 0.215. The number of para-hydroxylation sites is 1. The quantitative estimate of drug-likeness (QED) is 0.323. The molecule has 7 heteroatoms. The molecule has 1 aliphatic rings. The predicted molar refractivity (Wildman–Crippen MR) is 149 cm³/mol. The van der Waals surface area contributed by atoms with E-state index in [1.165, 1.54) is 11.1 Å². The van der Waals surface area contributed by atoms with Crippen LogP contribution in [0.2, 0.25) is 0 Å². The number of aromatic nitrogens is 3. The highest BCUT2D eigenvalue weighted by molar-refractivity contribution is 5.97. The summed E-state index contributed by atoms with van der Waals surface area (Å²) in [6.07, 6.45) is 0. The number of rotatable bonds is 8. The second kappa shape index (κ2) is 10.7. The number of pyridine rings is 1. The van der Waals surface area contributed by atoms with Crippen LogP contribution in [0.15, 0.2) is 89.7 Å². The molecule has 5 aromatic rings. The van der Waals surface area contributed by atoms with Crippen molar-refractivity contribution in [2.24, 2.45) is 0 Å². The summed E-state index contributed by atoms with van der Waals surface area (Å²) in [4.78, 5) is 17.3. The lowest BCUT2D eigenvalue weighted by atomic mass is 10.00. The Bertz CT molecular complexity index is 1530. The number of nitrogens with zero attached hydrogens (tertiary/aromatic N) is 4.